The van der Waals surface area contributed by atoms with Gasteiger partial charge in [0.1, 0.15) is 11.9 Å². The summed E-state index contributed by atoms with van der Waals surface area (Å²) in [4.78, 5) is 27.1. The van der Waals surface area contributed by atoms with Gasteiger partial charge in [-0.3, -0.25) is 9.59 Å². The molecule has 0 saturated heterocycles. The van der Waals surface area contributed by atoms with Gasteiger partial charge in [-0.15, -0.1) is 0 Å². The van der Waals surface area contributed by atoms with Crippen molar-refractivity contribution in [3.05, 3.63) is 107 Å². The monoisotopic (exact) mass is 542 g/mol. The number of halogens is 1. The van der Waals surface area contributed by atoms with E-state index in [0.29, 0.717) is 24.0 Å². The first-order valence-electron chi connectivity index (χ1n) is 14.4. The van der Waals surface area contributed by atoms with Crippen LogP contribution in [0.15, 0.2) is 84.9 Å². The van der Waals surface area contributed by atoms with Crippen LogP contribution in [0.25, 0.3) is 0 Å². The van der Waals surface area contributed by atoms with Crippen LogP contribution in [0.1, 0.15) is 86.6 Å². The van der Waals surface area contributed by atoms with Crippen LogP contribution in [0, 0.1) is 11.8 Å². The minimum Gasteiger partial charge on any atom is -0.336 e. The van der Waals surface area contributed by atoms with E-state index in [2.05, 4.69) is 29.6 Å². The second-order valence-electron chi connectivity index (χ2n) is 11.5. The molecule has 3 N–H and O–H groups in total. The molecule has 0 aliphatic heterocycles. The Morgan fingerprint density at radius 3 is 2.03 bits per heavy atom. The molecule has 1 amide bonds. The lowest BCUT2D eigenvalue weighted by molar-refractivity contribution is -0.129. The molecule has 5 rings (SSSR count). The Kier molecular flexibility index (Phi) is 8.84. The Bertz CT molecular complexity index is 1230. The van der Waals surface area contributed by atoms with Gasteiger partial charge in [0.25, 0.3) is 0 Å². The van der Waals surface area contributed by atoms with E-state index in [9.17, 15) is 9.59 Å². The summed E-state index contributed by atoms with van der Waals surface area (Å²) in [6, 6.07) is 27.9. The fourth-order valence-corrected chi connectivity index (χ4v) is 6.86. The Labute approximate surface area is 237 Å². The van der Waals surface area contributed by atoms with Crippen LogP contribution in [0.2, 0.25) is 5.02 Å². The van der Waals surface area contributed by atoms with E-state index in [-0.39, 0.29) is 11.8 Å². The highest BCUT2D eigenvalue weighted by Crippen LogP contribution is 2.44. The van der Waals surface area contributed by atoms with Crippen LogP contribution >= 0.6 is 11.6 Å². The molecule has 5 heteroatoms. The Morgan fingerprint density at radius 2 is 1.41 bits per heavy atom. The van der Waals surface area contributed by atoms with E-state index >= 15 is 0 Å². The van der Waals surface area contributed by atoms with Crippen LogP contribution in [-0.4, -0.2) is 11.7 Å². The lowest BCUT2D eigenvalue weighted by Crippen LogP contribution is -2.49. The maximum Gasteiger partial charge on any atom is 0.232 e. The SMILES string of the molecule is N[C@H](NC(=O)C1(c2ccccc2)CCC(CC(=O)C2CCC(c3ccc(Cl)cc3)CC2)CC1)c1ccccc1. The predicted molar refractivity (Wildman–Crippen MR) is 157 cm³/mol. The molecule has 2 fully saturated rings. The molecule has 0 aromatic heterocycles. The van der Waals surface area contributed by atoms with E-state index in [1.165, 1.54) is 5.56 Å². The average molecular weight is 543 g/mol. The van der Waals surface area contributed by atoms with Gasteiger partial charge in [0, 0.05) is 17.4 Å². The van der Waals surface area contributed by atoms with Crippen molar-refractivity contribution in [3.8, 4) is 0 Å². The summed E-state index contributed by atoms with van der Waals surface area (Å²) >= 11 is 6.05. The summed E-state index contributed by atoms with van der Waals surface area (Å²) in [6.45, 7) is 0. The number of Topliss-reactive ketones (excluding diaryl/α,β-unsaturated/α-hetero) is 1. The van der Waals surface area contributed by atoms with Crippen LogP contribution < -0.4 is 11.1 Å². The summed E-state index contributed by atoms with van der Waals surface area (Å²) in [5, 5.41) is 3.86. The first-order valence-corrected chi connectivity index (χ1v) is 14.8. The second-order valence-corrected chi connectivity index (χ2v) is 12.0. The fraction of sp³-hybridized carbons (Fsp3) is 0.412. The number of nitrogens with one attached hydrogen (secondary N) is 1. The molecule has 1 atom stereocenters. The molecule has 39 heavy (non-hydrogen) atoms. The molecule has 4 nitrogen and oxygen atoms in total. The molecule has 2 saturated carbocycles. The van der Waals surface area contributed by atoms with Crippen LogP contribution in [-0.2, 0) is 15.0 Å². The number of benzene rings is 3. The molecule has 204 valence electrons. The number of hydrogen-bond acceptors (Lipinski definition) is 3. The quantitative estimate of drug-likeness (QED) is 0.290. The molecule has 0 radical (unpaired) electrons. The molecular weight excluding hydrogens is 504 g/mol. The summed E-state index contributed by atoms with van der Waals surface area (Å²) in [6.07, 6.45) is 7.32. The normalized spacial score (nSPS) is 25.9. The number of carbonyl (C=O) groups excluding carboxylic acids is 2. The van der Waals surface area contributed by atoms with Gasteiger partial charge in [-0.1, -0.05) is 84.4 Å². The second kappa shape index (κ2) is 12.5. The molecule has 0 unspecified atom stereocenters. The molecule has 3 aromatic rings. The zero-order chi connectivity index (χ0) is 27.2. The van der Waals surface area contributed by atoms with Crippen LogP contribution in [0.4, 0.5) is 0 Å². The minimum atomic E-state index is -0.621. The van der Waals surface area contributed by atoms with E-state index in [1.54, 1.807) is 0 Å². The highest BCUT2D eigenvalue weighted by molar-refractivity contribution is 6.30. The number of nitrogens with two attached hydrogens (primary N) is 1. The van der Waals surface area contributed by atoms with Crippen molar-refractivity contribution in [2.45, 2.75) is 75.3 Å². The highest BCUT2D eigenvalue weighted by atomic mass is 35.5. The van der Waals surface area contributed by atoms with Crippen LogP contribution in [0.5, 0.6) is 0 Å². The third-order valence-electron chi connectivity index (χ3n) is 9.18. The van der Waals surface area contributed by atoms with Gasteiger partial charge in [0.05, 0.1) is 5.41 Å². The molecule has 2 aliphatic carbocycles. The number of carbonyl (C=O) groups is 2. The largest absolute Gasteiger partial charge is 0.336 e. The average Bonchev–Trinajstić information content (AvgIpc) is 2.99. The van der Waals surface area contributed by atoms with Gasteiger partial charge in [-0.05, 0) is 92.0 Å². The number of hydrogen-bond donors (Lipinski definition) is 2. The van der Waals surface area contributed by atoms with Crippen molar-refractivity contribution in [3.63, 3.8) is 0 Å². The number of ketones is 1. The third kappa shape index (κ3) is 6.45. The predicted octanol–water partition coefficient (Wildman–Crippen LogP) is 7.47. The van der Waals surface area contributed by atoms with Crippen molar-refractivity contribution in [1.29, 1.82) is 0 Å². The van der Waals surface area contributed by atoms with Crippen molar-refractivity contribution >= 4 is 23.3 Å². The van der Waals surface area contributed by atoms with Gasteiger partial charge in [0.2, 0.25) is 5.91 Å². The third-order valence-corrected chi connectivity index (χ3v) is 9.43. The summed E-state index contributed by atoms with van der Waals surface area (Å²) in [5.41, 5.74) is 9.02. The first-order chi connectivity index (χ1) is 18.9. The van der Waals surface area contributed by atoms with Gasteiger partial charge in [-0.25, -0.2) is 0 Å². The zero-order valence-corrected chi connectivity index (χ0v) is 23.3. The van der Waals surface area contributed by atoms with Crippen molar-refractivity contribution < 1.29 is 9.59 Å². The van der Waals surface area contributed by atoms with Gasteiger partial charge in [-0.2, -0.15) is 0 Å². The van der Waals surface area contributed by atoms with Gasteiger partial charge in [0.15, 0.2) is 0 Å². The van der Waals surface area contributed by atoms with Crippen molar-refractivity contribution in [2.75, 3.05) is 0 Å². The fourth-order valence-electron chi connectivity index (χ4n) is 6.74. The van der Waals surface area contributed by atoms with Crippen LogP contribution in [0.3, 0.4) is 0 Å². The van der Waals surface area contributed by atoms with Gasteiger partial charge >= 0.3 is 0 Å². The topological polar surface area (TPSA) is 72.2 Å². The van der Waals surface area contributed by atoms with E-state index in [0.717, 1.165) is 67.5 Å². The van der Waals surface area contributed by atoms with Crippen molar-refractivity contribution in [2.24, 2.45) is 17.6 Å². The van der Waals surface area contributed by atoms with E-state index in [4.69, 9.17) is 17.3 Å². The molecule has 3 aromatic carbocycles. The molecule has 2 aliphatic rings. The van der Waals surface area contributed by atoms with Crippen molar-refractivity contribution in [1.82, 2.24) is 5.32 Å². The summed E-state index contributed by atoms with van der Waals surface area (Å²) in [5.74, 6) is 1.42. The highest BCUT2D eigenvalue weighted by Gasteiger charge is 2.44. The van der Waals surface area contributed by atoms with Gasteiger partial charge < -0.3 is 11.1 Å². The molecule has 0 heterocycles. The Morgan fingerprint density at radius 1 is 0.821 bits per heavy atom. The summed E-state index contributed by atoms with van der Waals surface area (Å²) < 4.78 is 0. The van der Waals surface area contributed by atoms with E-state index < -0.39 is 11.6 Å². The number of rotatable bonds is 8. The molecule has 0 bridgehead atoms. The lowest BCUT2D eigenvalue weighted by atomic mass is 9.64. The standard InChI is InChI=1S/C34H39ClN2O2/c35-30-17-15-26(16-18-30)25-11-13-27(14-12-25)31(38)23-24-19-21-34(22-20-24,29-9-5-2-6-10-29)33(39)37-32(36)28-7-3-1-4-8-28/h1-10,15-18,24-25,27,32H,11-14,19-23,36H2,(H,37,39)/t24?,25?,27?,32-,34?/m1/s1. The maximum absolute atomic E-state index is 13.8. The van der Waals surface area contributed by atoms with E-state index in [1.807, 2.05) is 60.7 Å². The lowest BCUT2D eigenvalue weighted by Gasteiger charge is -2.40. The maximum atomic E-state index is 13.8. The molecular formula is C34H39ClN2O2. The smallest absolute Gasteiger partial charge is 0.232 e. The Hall–Kier alpha value is -2.95. The first kappa shape index (κ1) is 27.6. The minimum absolute atomic E-state index is 0.0182. The zero-order valence-electron chi connectivity index (χ0n) is 22.5. The molecule has 0 spiro atoms. The summed E-state index contributed by atoms with van der Waals surface area (Å²) in [7, 11) is 0. The number of amides is 1. The Balaban J connectivity index is 1.19.